The zero-order chi connectivity index (χ0) is 9.90. The molecule has 13 heavy (non-hydrogen) atoms. The summed E-state index contributed by atoms with van der Waals surface area (Å²) in [5.74, 6) is 1.08. The molecule has 0 radical (unpaired) electrons. The molecule has 0 aromatic rings. The first-order valence-electron chi connectivity index (χ1n) is 4.66. The maximum Gasteiger partial charge on any atom is 0.152 e. The van der Waals surface area contributed by atoms with E-state index in [1.165, 1.54) is 0 Å². The Labute approximate surface area is 80.0 Å². The van der Waals surface area contributed by atoms with Crippen molar-refractivity contribution in [2.24, 2.45) is 11.7 Å². The molecule has 0 bridgehead atoms. The Morgan fingerprint density at radius 3 is 2.38 bits per heavy atom. The molecule has 4 nitrogen and oxygen atoms in total. The molecule has 0 amide bonds. The smallest absolute Gasteiger partial charge is 0.152 e. The zero-order valence-corrected chi connectivity index (χ0v) is 8.89. The monoisotopic (exact) mass is 206 g/mol. The van der Waals surface area contributed by atoms with E-state index in [0.29, 0.717) is 37.1 Å². The summed E-state index contributed by atoms with van der Waals surface area (Å²) in [5, 5.41) is 0. The van der Waals surface area contributed by atoms with Crippen LogP contribution in [-0.2, 0) is 9.84 Å². The third-order valence-electron chi connectivity index (χ3n) is 2.41. The van der Waals surface area contributed by atoms with Crippen LogP contribution in [-0.4, -0.2) is 51.0 Å². The summed E-state index contributed by atoms with van der Waals surface area (Å²) in [6.45, 7) is 5.03. The van der Waals surface area contributed by atoms with Gasteiger partial charge < -0.3 is 10.6 Å². The standard InChI is InChI=1S/C8H18N2O2S/c1-8(6-9)7-10-2-4-13(11,12)5-3-10/h8H,2-7,9H2,1H3. The highest BCUT2D eigenvalue weighted by Gasteiger charge is 2.21. The largest absolute Gasteiger partial charge is 0.330 e. The van der Waals surface area contributed by atoms with Crippen LogP contribution in [0.1, 0.15) is 6.92 Å². The number of nitrogens with two attached hydrogens (primary N) is 1. The van der Waals surface area contributed by atoms with Crippen LogP contribution in [0.5, 0.6) is 0 Å². The number of rotatable bonds is 3. The van der Waals surface area contributed by atoms with Gasteiger partial charge in [-0.2, -0.15) is 0 Å². The lowest BCUT2D eigenvalue weighted by Crippen LogP contribution is -2.43. The lowest BCUT2D eigenvalue weighted by atomic mass is 10.2. The molecule has 1 rings (SSSR count). The van der Waals surface area contributed by atoms with Crippen LogP contribution in [0, 0.1) is 5.92 Å². The highest BCUT2D eigenvalue weighted by atomic mass is 32.2. The van der Waals surface area contributed by atoms with Crippen LogP contribution < -0.4 is 5.73 Å². The number of sulfone groups is 1. The Bertz CT molecular complexity index is 237. The number of nitrogens with zero attached hydrogens (tertiary/aromatic N) is 1. The van der Waals surface area contributed by atoms with Crippen LogP contribution in [0.25, 0.3) is 0 Å². The second-order valence-corrected chi connectivity index (χ2v) is 6.10. The fraction of sp³-hybridized carbons (Fsp3) is 1.00. The van der Waals surface area contributed by atoms with E-state index in [2.05, 4.69) is 11.8 Å². The molecule has 5 heteroatoms. The molecule has 2 N–H and O–H groups in total. The zero-order valence-electron chi connectivity index (χ0n) is 8.07. The predicted molar refractivity (Wildman–Crippen MR) is 53.3 cm³/mol. The van der Waals surface area contributed by atoms with Crippen LogP contribution in [0.4, 0.5) is 0 Å². The van der Waals surface area contributed by atoms with Gasteiger partial charge >= 0.3 is 0 Å². The summed E-state index contributed by atoms with van der Waals surface area (Å²) in [4.78, 5) is 2.18. The molecule has 0 aromatic heterocycles. The summed E-state index contributed by atoms with van der Waals surface area (Å²) in [7, 11) is -2.73. The summed E-state index contributed by atoms with van der Waals surface area (Å²) >= 11 is 0. The average molecular weight is 206 g/mol. The second kappa shape index (κ2) is 4.39. The summed E-state index contributed by atoms with van der Waals surface area (Å²) < 4.78 is 22.2. The van der Waals surface area contributed by atoms with E-state index in [1.807, 2.05) is 0 Å². The van der Waals surface area contributed by atoms with Gasteiger partial charge in [0.05, 0.1) is 11.5 Å². The normalized spacial score (nSPS) is 25.7. The van der Waals surface area contributed by atoms with Crippen molar-refractivity contribution in [2.75, 3.05) is 37.7 Å². The second-order valence-electron chi connectivity index (χ2n) is 3.79. The quantitative estimate of drug-likeness (QED) is 0.664. The van der Waals surface area contributed by atoms with E-state index in [9.17, 15) is 8.42 Å². The number of hydrogen-bond donors (Lipinski definition) is 1. The van der Waals surface area contributed by atoms with Crippen LogP contribution in [0.3, 0.4) is 0 Å². The maximum absolute atomic E-state index is 11.1. The van der Waals surface area contributed by atoms with E-state index in [1.54, 1.807) is 0 Å². The average Bonchev–Trinajstić information content (AvgIpc) is 2.08. The first-order valence-corrected chi connectivity index (χ1v) is 6.48. The van der Waals surface area contributed by atoms with Crippen molar-refractivity contribution in [3.8, 4) is 0 Å². The van der Waals surface area contributed by atoms with Crippen molar-refractivity contribution < 1.29 is 8.42 Å². The van der Waals surface area contributed by atoms with E-state index < -0.39 is 9.84 Å². The van der Waals surface area contributed by atoms with Crippen molar-refractivity contribution in [1.29, 1.82) is 0 Å². The molecule has 1 unspecified atom stereocenters. The van der Waals surface area contributed by atoms with Gasteiger partial charge in [-0.25, -0.2) is 8.42 Å². The van der Waals surface area contributed by atoms with Gasteiger partial charge in [-0.1, -0.05) is 6.92 Å². The molecule has 1 fully saturated rings. The Kier molecular flexibility index (Phi) is 3.70. The molecule has 1 saturated heterocycles. The molecule has 1 aliphatic heterocycles. The Hall–Kier alpha value is -0.130. The molecule has 78 valence electrons. The Morgan fingerprint density at radius 1 is 1.38 bits per heavy atom. The minimum absolute atomic E-state index is 0.310. The molecule has 1 aliphatic rings. The van der Waals surface area contributed by atoms with Crippen molar-refractivity contribution >= 4 is 9.84 Å². The third-order valence-corrected chi connectivity index (χ3v) is 4.02. The van der Waals surface area contributed by atoms with Gasteiger partial charge in [0.1, 0.15) is 0 Å². The molecule has 1 heterocycles. The van der Waals surface area contributed by atoms with E-state index in [0.717, 1.165) is 6.54 Å². The lowest BCUT2D eigenvalue weighted by Gasteiger charge is -2.28. The molecule has 1 atom stereocenters. The van der Waals surface area contributed by atoms with Crippen molar-refractivity contribution in [2.45, 2.75) is 6.92 Å². The van der Waals surface area contributed by atoms with Crippen molar-refractivity contribution in [3.05, 3.63) is 0 Å². The summed E-state index contributed by atoms with van der Waals surface area (Å²) in [6, 6.07) is 0. The maximum atomic E-state index is 11.1. The summed E-state index contributed by atoms with van der Waals surface area (Å²) in [5.41, 5.74) is 5.50. The van der Waals surface area contributed by atoms with Crippen molar-refractivity contribution in [1.82, 2.24) is 4.90 Å². The van der Waals surface area contributed by atoms with Crippen molar-refractivity contribution in [3.63, 3.8) is 0 Å². The van der Waals surface area contributed by atoms with Gasteiger partial charge in [0.25, 0.3) is 0 Å². The van der Waals surface area contributed by atoms with Crippen LogP contribution >= 0.6 is 0 Å². The van der Waals surface area contributed by atoms with Crippen LogP contribution in [0.2, 0.25) is 0 Å². The third kappa shape index (κ3) is 3.62. The minimum atomic E-state index is -2.73. The van der Waals surface area contributed by atoms with Gasteiger partial charge in [0, 0.05) is 19.6 Å². The molecular weight excluding hydrogens is 188 g/mol. The Balaban J connectivity index is 2.33. The fourth-order valence-electron chi connectivity index (χ4n) is 1.45. The first kappa shape index (κ1) is 10.9. The molecule has 0 aliphatic carbocycles. The van der Waals surface area contributed by atoms with Gasteiger partial charge in [-0.15, -0.1) is 0 Å². The van der Waals surface area contributed by atoms with Crippen LogP contribution in [0.15, 0.2) is 0 Å². The van der Waals surface area contributed by atoms with Gasteiger partial charge in [0.15, 0.2) is 9.84 Å². The molecule has 0 aromatic carbocycles. The highest BCUT2D eigenvalue weighted by Crippen LogP contribution is 2.06. The van der Waals surface area contributed by atoms with Gasteiger partial charge in [0.2, 0.25) is 0 Å². The molecule has 0 spiro atoms. The predicted octanol–water partition coefficient (Wildman–Crippen LogP) is -0.688. The minimum Gasteiger partial charge on any atom is -0.330 e. The number of hydrogen-bond acceptors (Lipinski definition) is 4. The van der Waals surface area contributed by atoms with E-state index in [-0.39, 0.29) is 0 Å². The molecular formula is C8H18N2O2S. The summed E-state index contributed by atoms with van der Waals surface area (Å²) in [6.07, 6.45) is 0. The first-order chi connectivity index (χ1) is 6.03. The van der Waals surface area contributed by atoms with E-state index >= 15 is 0 Å². The van der Waals surface area contributed by atoms with Gasteiger partial charge in [-0.3, -0.25) is 0 Å². The molecule has 0 saturated carbocycles. The van der Waals surface area contributed by atoms with Gasteiger partial charge in [-0.05, 0) is 12.5 Å². The highest BCUT2D eigenvalue weighted by molar-refractivity contribution is 7.91. The SMILES string of the molecule is CC(CN)CN1CCS(=O)(=O)CC1. The topological polar surface area (TPSA) is 63.4 Å². The Morgan fingerprint density at radius 2 is 1.92 bits per heavy atom. The fourth-order valence-corrected chi connectivity index (χ4v) is 2.72. The van der Waals surface area contributed by atoms with E-state index in [4.69, 9.17) is 5.73 Å². The lowest BCUT2D eigenvalue weighted by molar-refractivity contribution is 0.258.